The summed E-state index contributed by atoms with van der Waals surface area (Å²) in [7, 11) is 0. The molecule has 1 aliphatic carbocycles. The van der Waals surface area contributed by atoms with E-state index in [0.717, 1.165) is 31.7 Å². The smallest absolute Gasteiger partial charge is 0.241 e. The molecule has 2 aliphatic rings. The average molecular weight is 278 g/mol. The standard InChI is InChI=1S/C15H22N2OS/c1-2-3-4-13-15(18)17(9-11-5-6-11)14(16-13)12-7-8-19-10-12/h7-8,10-11,13-14,16H,2-6,9H2,1H3. The molecule has 104 valence electrons. The highest BCUT2D eigenvalue weighted by Crippen LogP contribution is 2.35. The van der Waals surface area contributed by atoms with E-state index in [2.05, 4.69) is 34.0 Å². The van der Waals surface area contributed by atoms with E-state index < -0.39 is 0 Å². The van der Waals surface area contributed by atoms with Crippen LogP contribution in [0.4, 0.5) is 0 Å². The molecule has 0 spiro atoms. The van der Waals surface area contributed by atoms with Crippen LogP contribution in [0.5, 0.6) is 0 Å². The zero-order valence-electron chi connectivity index (χ0n) is 11.5. The molecule has 3 rings (SSSR count). The second kappa shape index (κ2) is 5.63. The maximum absolute atomic E-state index is 12.5. The fourth-order valence-electron chi connectivity index (χ4n) is 2.78. The molecule has 0 radical (unpaired) electrons. The van der Waals surface area contributed by atoms with Crippen molar-refractivity contribution in [3.63, 3.8) is 0 Å². The SMILES string of the molecule is CCCCC1NC(c2ccsc2)N(CC2CC2)C1=O. The van der Waals surface area contributed by atoms with Crippen LogP contribution in [-0.4, -0.2) is 23.4 Å². The lowest BCUT2D eigenvalue weighted by molar-refractivity contribution is -0.130. The summed E-state index contributed by atoms with van der Waals surface area (Å²) in [4.78, 5) is 14.6. The molecule has 1 aromatic heterocycles. The van der Waals surface area contributed by atoms with Crippen LogP contribution >= 0.6 is 11.3 Å². The van der Waals surface area contributed by atoms with Gasteiger partial charge in [-0.05, 0) is 47.6 Å². The Morgan fingerprint density at radius 2 is 2.32 bits per heavy atom. The lowest BCUT2D eigenvalue weighted by Gasteiger charge is -2.23. The first-order valence-electron chi connectivity index (χ1n) is 7.38. The van der Waals surface area contributed by atoms with Gasteiger partial charge in [-0.15, -0.1) is 0 Å². The van der Waals surface area contributed by atoms with Gasteiger partial charge in [0.05, 0.1) is 6.04 Å². The molecule has 2 fully saturated rings. The summed E-state index contributed by atoms with van der Waals surface area (Å²) in [6.07, 6.45) is 5.94. The molecular formula is C15H22N2OS. The highest BCUT2D eigenvalue weighted by atomic mass is 32.1. The highest BCUT2D eigenvalue weighted by molar-refractivity contribution is 7.07. The summed E-state index contributed by atoms with van der Waals surface area (Å²) < 4.78 is 0. The number of amides is 1. The summed E-state index contributed by atoms with van der Waals surface area (Å²) in [5.74, 6) is 1.06. The van der Waals surface area contributed by atoms with E-state index in [9.17, 15) is 4.79 Å². The quantitative estimate of drug-likeness (QED) is 0.867. The van der Waals surface area contributed by atoms with Gasteiger partial charge in [-0.3, -0.25) is 10.1 Å². The molecule has 2 unspecified atom stereocenters. The molecule has 19 heavy (non-hydrogen) atoms. The number of nitrogens with one attached hydrogen (secondary N) is 1. The van der Waals surface area contributed by atoms with Crippen LogP contribution in [0, 0.1) is 5.92 Å². The fourth-order valence-corrected chi connectivity index (χ4v) is 3.45. The van der Waals surface area contributed by atoms with Gasteiger partial charge in [0.2, 0.25) is 5.91 Å². The maximum atomic E-state index is 12.5. The Hall–Kier alpha value is -0.870. The minimum absolute atomic E-state index is 0.0311. The van der Waals surface area contributed by atoms with Gasteiger partial charge >= 0.3 is 0 Å². The Balaban J connectivity index is 1.74. The number of carbonyl (C=O) groups is 1. The fraction of sp³-hybridized carbons (Fsp3) is 0.667. The van der Waals surface area contributed by atoms with Crippen LogP contribution in [0.1, 0.15) is 50.8 Å². The number of thiophene rings is 1. The predicted octanol–water partition coefficient (Wildman–Crippen LogP) is 3.15. The third-order valence-electron chi connectivity index (χ3n) is 4.11. The predicted molar refractivity (Wildman–Crippen MR) is 77.9 cm³/mol. The van der Waals surface area contributed by atoms with Gasteiger partial charge in [-0.2, -0.15) is 11.3 Å². The Morgan fingerprint density at radius 1 is 1.47 bits per heavy atom. The minimum Gasteiger partial charge on any atom is -0.321 e. The second-order valence-corrected chi connectivity index (χ2v) is 6.53. The van der Waals surface area contributed by atoms with Crippen LogP contribution in [-0.2, 0) is 4.79 Å². The second-order valence-electron chi connectivity index (χ2n) is 5.75. The molecule has 4 heteroatoms. The Labute approximate surface area is 119 Å². The third-order valence-corrected chi connectivity index (χ3v) is 4.81. The van der Waals surface area contributed by atoms with Crippen molar-refractivity contribution in [2.24, 2.45) is 5.92 Å². The van der Waals surface area contributed by atoms with Crippen molar-refractivity contribution in [2.75, 3.05) is 6.54 Å². The van der Waals surface area contributed by atoms with Crippen molar-refractivity contribution in [2.45, 2.75) is 51.2 Å². The van der Waals surface area contributed by atoms with Gasteiger partial charge < -0.3 is 4.90 Å². The maximum Gasteiger partial charge on any atom is 0.241 e. The monoisotopic (exact) mass is 278 g/mol. The molecule has 2 atom stereocenters. The minimum atomic E-state index is 0.0311. The van der Waals surface area contributed by atoms with Crippen LogP contribution in [0.3, 0.4) is 0 Å². The van der Waals surface area contributed by atoms with Crippen molar-refractivity contribution in [3.05, 3.63) is 22.4 Å². The molecule has 1 amide bonds. The summed E-state index contributed by atoms with van der Waals surface area (Å²) in [5.41, 5.74) is 1.25. The lowest BCUT2D eigenvalue weighted by Crippen LogP contribution is -2.32. The normalized spacial score (nSPS) is 27.2. The van der Waals surface area contributed by atoms with Crippen molar-refractivity contribution in [1.29, 1.82) is 0 Å². The van der Waals surface area contributed by atoms with Crippen molar-refractivity contribution >= 4 is 17.2 Å². The Morgan fingerprint density at radius 3 is 2.95 bits per heavy atom. The van der Waals surface area contributed by atoms with Gasteiger partial charge in [0.15, 0.2) is 0 Å². The molecule has 2 heterocycles. The van der Waals surface area contributed by atoms with E-state index in [-0.39, 0.29) is 12.2 Å². The van der Waals surface area contributed by atoms with Crippen LogP contribution in [0.2, 0.25) is 0 Å². The first-order chi connectivity index (χ1) is 9.29. The Kier molecular flexibility index (Phi) is 3.89. The number of hydrogen-bond acceptors (Lipinski definition) is 3. The van der Waals surface area contributed by atoms with Crippen LogP contribution in [0.25, 0.3) is 0 Å². The van der Waals surface area contributed by atoms with Crippen molar-refractivity contribution in [3.8, 4) is 0 Å². The van der Waals surface area contributed by atoms with Crippen molar-refractivity contribution in [1.82, 2.24) is 10.2 Å². The number of unbranched alkanes of at least 4 members (excludes halogenated alkanes) is 1. The number of hydrogen-bond donors (Lipinski definition) is 1. The zero-order valence-corrected chi connectivity index (χ0v) is 12.3. The van der Waals surface area contributed by atoms with E-state index in [4.69, 9.17) is 0 Å². The first-order valence-corrected chi connectivity index (χ1v) is 8.32. The molecule has 1 saturated carbocycles. The first kappa shape index (κ1) is 13.1. The molecule has 0 bridgehead atoms. The lowest BCUT2D eigenvalue weighted by atomic mass is 10.1. The Bertz CT molecular complexity index is 427. The molecule has 3 nitrogen and oxygen atoms in total. The van der Waals surface area contributed by atoms with Crippen LogP contribution < -0.4 is 5.32 Å². The topological polar surface area (TPSA) is 32.3 Å². The van der Waals surface area contributed by atoms with E-state index >= 15 is 0 Å². The summed E-state index contributed by atoms with van der Waals surface area (Å²) in [5, 5.41) is 7.80. The largest absolute Gasteiger partial charge is 0.321 e. The van der Waals surface area contributed by atoms with Gasteiger partial charge in [0.1, 0.15) is 6.17 Å². The highest BCUT2D eigenvalue weighted by Gasteiger charge is 2.41. The van der Waals surface area contributed by atoms with Crippen molar-refractivity contribution < 1.29 is 4.79 Å². The van der Waals surface area contributed by atoms with E-state index in [1.54, 1.807) is 11.3 Å². The number of nitrogens with zero attached hydrogens (tertiary/aromatic N) is 1. The number of carbonyl (C=O) groups excluding carboxylic acids is 1. The van der Waals surface area contributed by atoms with E-state index in [1.165, 1.54) is 18.4 Å². The summed E-state index contributed by atoms with van der Waals surface area (Å²) in [6.45, 7) is 3.12. The van der Waals surface area contributed by atoms with E-state index in [0.29, 0.717) is 5.91 Å². The number of rotatable bonds is 6. The molecule has 0 aromatic carbocycles. The van der Waals surface area contributed by atoms with Gasteiger partial charge in [-0.1, -0.05) is 19.8 Å². The molecule has 1 aliphatic heterocycles. The van der Waals surface area contributed by atoms with Gasteiger partial charge in [-0.25, -0.2) is 0 Å². The van der Waals surface area contributed by atoms with Gasteiger partial charge in [0, 0.05) is 6.54 Å². The van der Waals surface area contributed by atoms with Crippen LogP contribution in [0.15, 0.2) is 16.8 Å². The summed E-state index contributed by atoms with van der Waals surface area (Å²) >= 11 is 1.71. The van der Waals surface area contributed by atoms with E-state index in [1.807, 2.05) is 0 Å². The molecule has 1 aromatic rings. The summed E-state index contributed by atoms with van der Waals surface area (Å²) in [6, 6.07) is 2.17. The van der Waals surface area contributed by atoms with Gasteiger partial charge in [0.25, 0.3) is 0 Å². The molecule has 1 saturated heterocycles. The third kappa shape index (κ3) is 2.84. The zero-order chi connectivity index (χ0) is 13.2. The molecule has 1 N–H and O–H groups in total. The average Bonchev–Trinajstić information content (AvgIpc) is 2.96. The molecular weight excluding hydrogens is 256 g/mol.